The third-order valence-corrected chi connectivity index (χ3v) is 2.45. The lowest BCUT2D eigenvalue weighted by molar-refractivity contribution is -0.113. The first-order valence-electron chi connectivity index (χ1n) is 4.62. The van der Waals surface area contributed by atoms with Crippen LogP contribution in [0.2, 0.25) is 0 Å². The molecule has 0 atom stereocenters. The number of aromatic nitrogens is 2. The largest absolute Gasteiger partial charge is 0.308 e. The first-order valence-corrected chi connectivity index (χ1v) is 5.16. The summed E-state index contributed by atoms with van der Waals surface area (Å²) in [6.07, 6.45) is 2.37. The minimum absolute atomic E-state index is 0.0324. The van der Waals surface area contributed by atoms with Gasteiger partial charge in [-0.2, -0.15) is 5.10 Å². The van der Waals surface area contributed by atoms with Gasteiger partial charge < -0.3 is 5.32 Å². The second-order valence-corrected chi connectivity index (χ2v) is 3.80. The first kappa shape index (κ1) is 9.52. The van der Waals surface area contributed by atoms with Gasteiger partial charge in [0.25, 0.3) is 0 Å². The fourth-order valence-corrected chi connectivity index (χ4v) is 1.48. The molecule has 1 heterocycles. The first-order chi connectivity index (χ1) is 6.70. The Labute approximate surface area is 87.2 Å². The molecular weight excluding hydrogens is 202 g/mol. The lowest BCUT2D eigenvalue weighted by Gasteiger charge is -1.99. The normalized spacial score (nSPS) is 15.6. The van der Waals surface area contributed by atoms with Gasteiger partial charge in [0.05, 0.1) is 6.04 Å². The SMILES string of the molecule is Cc1cc(NC(=O)CCl)nn1C1CC1. The van der Waals surface area contributed by atoms with Crippen LogP contribution in [0.15, 0.2) is 6.07 Å². The summed E-state index contributed by atoms with van der Waals surface area (Å²) in [6.45, 7) is 1.99. The number of carbonyl (C=O) groups excluding carboxylic acids is 1. The van der Waals surface area contributed by atoms with Crippen molar-refractivity contribution >= 4 is 23.3 Å². The zero-order valence-corrected chi connectivity index (χ0v) is 8.71. The van der Waals surface area contributed by atoms with Crippen LogP contribution in [0.3, 0.4) is 0 Å². The zero-order valence-electron chi connectivity index (χ0n) is 7.96. The van der Waals surface area contributed by atoms with E-state index in [1.807, 2.05) is 17.7 Å². The van der Waals surface area contributed by atoms with Gasteiger partial charge in [-0.15, -0.1) is 11.6 Å². The smallest absolute Gasteiger partial charge is 0.240 e. The monoisotopic (exact) mass is 213 g/mol. The molecular formula is C9H12ClN3O. The minimum atomic E-state index is -0.216. The van der Waals surface area contributed by atoms with E-state index < -0.39 is 0 Å². The standard InChI is InChI=1S/C9H12ClN3O/c1-6-4-8(11-9(14)5-10)12-13(6)7-2-3-7/h4,7H,2-3,5H2,1H3,(H,11,12,14). The van der Waals surface area contributed by atoms with Gasteiger partial charge in [0.2, 0.25) is 5.91 Å². The van der Waals surface area contributed by atoms with Crippen molar-refractivity contribution in [1.29, 1.82) is 0 Å². The number of rotatable bonds is 3. The van der Waals surface area contributed by atoms with E-state index in [0.29, 0.717) is 11.9 Å². The lowest BCUT2D eigenvalue weighted by atomic mass is 10.4. The highest BCUT2D eigenvalue weighted by Gasteiger charge is 2.26. The maximum Gasteiger partial charge on any atom is 0.240 e. The quantitative estimate of drug-likeness (QED) is 0.777. The molecule has 0 saturated heterocycles. The van der Waals surface area contributed by atoms with Crippen molar-refractivity contribution in [2.24, 2.45) is 0 Å². The Hall–Kier alpha value is -1.03. The van der Waals surface area contributed by atoms with E-state index in [2.05, 4.69) is 10.4 Å². The highest BCUT2D eigenvalue weighted by Crippen LogP contribution is 2.35. The molecule has 0 unspecified atom stereocenters. The Morgan fingerprint density at radius 1 is 1.79 bits per heavy atom. The number of halogens is 1. The van der Waals surface area contributed by atoms with Gasteiger partial charge in [0, 0.05) is 11.8 Å². The topological polar surface area (TPSA) is 46.9 Å². The Kier molecular flexibility index (Phi) is 2.46. The summed E-state index contributed by atoms with van der Waals surface area (Å²) in [7, 11) is 0. The summed E-state index contributed by atoms with van der Waals surface area (Å²) >= 11 is 5.38. The molecule has 5 heteroatoms. The van der Waals surface area contributed by atoms with Gasteiger partial charge in [0.15, 0.2) is 5.82 Å². The van der Waals surface area contributed by atoms with E-state index in [1.165, 1.54) is 12.8 Å². The van der Waals surface area contributed by atoms with Crippen molar-refractivity contribution in [1.82, 2.24) is 9.78 Å². The Morgan fingerprint density at radius 3 is 3.07 bits per heavy atom. The van der Waals surface area contributed by atoms with Gasteiger partial charge in [0.1, 0.15) is 5.88 Å². The fourth-order valence-electron chi connectivity index (χ4n) is 1.41. The Morgan fingerprint density at radius 2 is 2.50 bits per heavy atom. The van der Waals surface area contributed by atoms with Crippen LogP contribution in [0.4, 0.5) is 5.82 Å². The molecule has 0 aromatic carbocycles. The molecule has 1 aromatic rings. The molecule has 1 aliphatic rings. The van der Waals surface area contributed by atoms with E-state index >= 15 is 0 Å². The molecule has 1 N–H and O–H groups in total. The molecule has 0 aliphatic heterocycles. The molecule has 0 spiro atoms. The number of hydrogen-bond acceptors (Lipinski definition) is 2. The minimum Gasteiger partial charge on any atom is -0.308 e. The van der Waals surface area contributed by atoms with Crippen LogP contribution in [0.1, 0.15) is 24.6 Å². The molecule has 1 saturated carbocycles. The predicted octanol–water partition coefficient (Wildman–Crippen LogP) is 1.70. The molecule has 4 nitrogen and oxygen atoms in total. The number of nitrogens with one attached hydrogen (secondary N) is 1. The predicted molar refractivity (Wildman–Crippen MR) is 54.6 cm³/mol. The van der Waals surface area contributed by atoms with Crippen molar-refractivity contribution in [3.8, 4) is 0 Å². The molecule has 1 amide bonds. The Balaban J connectivity index is 2.11. The number of nitrogens with zero attached hydrogens (tertiary/aromatic N) is 2. The summed E-state index contributed by atoms with van der Waals surface area (Å²) in [5.41, 5.74) is 1.08. The van der Waals surface area contributed by atoms with Gasteiger partial charge in [-0.1, -0.05) is 0 Å². The van der Waals surface area contributed by atoms with E-state index in [4.69, 9.17) is 11.6 Å². The van der Waals surface area contributed by atoms with Crippen molar-refractivity contribution in [3.63, 3.8) is 0 Å². The van der Waals surface area contributed by atoms with Crippen molar-refractivity contribution < 1.29 is 4.79 Å². The highest BCUT2D eigenvalue weighted by atomic mass is 35.5. The summed E-state index contributed by atoms with van der Waals surface area (Å²) < 4.78 is 1.96. The number of carbonyl (C=O) groups is 1. The number of hydrogen-bond donors (Lipinski definition) is 1. The molecule has 0 radical (unpaired) electrons. The van der Waals surface area contributed by atoms with E-state index in [1.54, 1.807) is 0 Å². The van der Waals surface area contributed by atoms with E-state index in [0.717, 1.165) is 5.69 Å². The molecule has 1 aliphatic carbocycles. The summed E-state index contributed by atoms with van der Waals surface area (Å²) in [4.78, 5) is 11.0. The van der Waals surface area contributed by atoms with E-state index in [9.17, 15) is 4.79 Å². The number of amides is 1. The highest BCUT2D eigenvalue weighted by molar-refractivity contribution is 6.28. The maximum atomic E-state index is 11.0. The van der Waals surface area contributed by atoms with Crippen LogP contribution >= 0.6 is 11.6 Å². The maximum absolute atomic E-state index is 11.0. The van der Waals surface area contributed by atoms with Crippen molar-refractivity contribution in [2.75, 3.05) is 11.2 Å². The van der Waals surface area contributed by atoms with Crippen LogP contribution in [0, 0.1) is 6.92 Å². The zero-order chi connectivity index (χ0) is 10.1. The summed E-state index contributed by atoms with van der Waals surface area (Å²) in [6, 6.07) is 2.40. The summed E-state index contributed by atoms with van der Waals surface area (Å²) in [5.74, 6) is 0.349. The number of aryl methyl sites for hydroxylation is 1. The van der Waals surface area contributed by atoms with Crippen LogP contribution in [0.25, 0.3) is 0 Å². The molecule has 1 fully saturated rings. The molecule has 0 bridgehead atoms. The van der Waals surface area contributed by atoms with Gasteiger partial charge in [-0.25, -0.2) is 0 Å². The molecule has 76 valence electrons. The molecule has 14 heavy (non-hydrogen) atoms. The van der Waals surface area contributed by atoms with Gasteiger partial charge in [-0.05, 0) is 19.8 Å². The number of alkyl halides is 1. The fraction of sp³-hybridized carbons (Fsp3) is 0.556. The van der Waals surface area contributed by atoms with E-state index in [-0.39, 0.29) is 11.8 Å². The second-order valence-electron chi connectivity index (χ2n) is 3.53. The van der Waals surface area contributed by atoms with Crippen molar-refractivity contribution in [2.45, 2.75) is 25.8 Å². The lowest BCUT2D eigenvalue weighted by Crippen LogP contribution is -2.13. The van der Waals surface area contributed by atoms with Crippen LogP contribution in [-0.4, -0.2) is 21.6 Å². The van der Waals surface area contributed by atoms with Crippen LogP contribution in [-0.2, 0) is 4.79 Å². The van der Waals surface area contributed by atoms with Crippen LogP contribution < -0.4 is 5.32 Å². The molecule has 1 aromatic heterocycles. The van der Waals surface area contributed by atoms with Crippen molar-refractivity contribution in [3.05, 3.63) is 11.8 Å². The Bertz CT molecular complexity index is 357. The average molecular weight is 214 g/mol. The average Bonchev–Trinajstić information content (AvgIpc) is 2.92. The van der Waals surface area contributed by atoms with Gasteiger partial charge >= 0.3 is 0 Å². The number of anilines is 1. The van der Waals surface area contributed by atoms with Crippen LogP contribution in [0.5, 0.6) is 0 Å². The second kappa shape index (κ2) is 3.61. The van der Waals surface area contributed by atoms with Gasteiger partial charge in [-0.3, -0.25) is 9.48 Å². The third kappa shape index (κ3) is 1.90. The third-order valence-electron chi connectivity index (χ3n) is 2.20. The molecule has 2 rings (SSSR count). The summed E-state index contributed by atoms with van der Waals surface area (Å²) in [5, 5.41) is 6.92.